The zero-order valence-corrected chi connectivity index (χ0v) is 17.4. The van der Waals surface area contributed by atoms with Gasteiger partial charge in [-0.25, -0.2) is 9.97 Å². The van der Waals surface area contributed by atoms with Gasteiger partial charge in [-0.1, -0.05) is 36.4 Å². The first-order valence-electron chi connectivity index (χ1n) is 10.5. The molecule has 0 N–H and O–H groups in total. The Morgan fingerprint density at radius 3 is 2.53 bits per heavy atom. The minimum atomic E-state index is -0.407. The Labute approximate surface area is 176 Å². The first-order chi connectivity index (χ1) is 14.5. The lowest BCUT2D eigenvalue weighted by Crippen LogP contribution is -2.51. The molecule has 3 heterocycles. The van der Waals surface area contributed by atoms with Crippen LogP contribution in [-0.2, 0) is 0 Å². The second-order valence-electron chi connectivity index (χ2n) is 8.45. The molecule has 2 aromatic carbocycles. The fraction of sp³-hybridized carbons (Fsp3) is 0.320. The smallest absolute Gasteiger partial charge is 0.170 e. The van der Waals surface area contributed by atoms with E-state index >= 15 is 0 Å². The van der Waals surface area contributed by atoms with Crippen molar-refractivity contribution in [3.63, 3.8) is 0 Å². The lowest BCUT2D eigenvalue weighted by molar-refractivity contribution is 0.0229. The summed E-state index contributed by atoms with van der Waals surface area (Å²) < 4.78 is 6.49. The molecule has 1 fully saturated rings. The van der Waals surface area contributed by atoms with Crippen molar-refractivity contribution in [1.82, 2.24) is 9.97 Å². The Morgan fingerprint density at radius 2 is 1.77 bits per heavy atom. The van der Waals surface area contributed by atoms with Crippen LogP contribution >= 0.6 is 0 Å². The van der Waals surface area contributed by atoms with Crippen molar-refractivity contribution in [1.29, 1.82) is 0 Å². The van der Waals surface area contributed by atoms with Gasteiger partial charge in [0, 0.05) is 37.6 Å². The van der Waals surface area contributed by atoms with E-state index in [0.29, 0.717) is 6.42 Å². The number of aromatic nitrogens is 2. The molecule has 0 atom stereocenters. The molecule has 1 spiro atoms. The molecule has 0 saturated carbocycles. The second kappa shape index (κ2) is 7.24. The molecule has 1 aromatic heterocycles. The van der Waals surface area contributed by atoms with E-state index in [-0.39, 0.29) is 5.78 Å². The maximum Gasteiger partial charge on any atom is 0.170 e. The summed E-state index contributed by atoms with van der Waals surface area (Å²) >= 11 is 0. The van der Waals surface area contributed by atoms with E-state index in [0.717, 1.165) is 65.4 Å². The van der Waals surface area contributed by atoms with Crippen LogP contribution in [0.4, 0.5) is 5.82 Å². The summed E-state index contributed by atoms with van der Waals surface area (Å²) in [6.07, 6.45) is 3.69. The Kier molecular flexibility index (Phi) is 4.54. The molecule has 0 radical (unpaired) electrons. The fourth-order valence-corrected chi connectivity index (χ4v) is 4.73. The molecule has 0 bridgehead atoms. The Bertz CT molecular complexity index is 1100. The van der Waals surface area contributed by atoms with Crippen molar-refractivity contribution >= 4 is 11.6 Å². The minimum Gasteiger partial charge on any atom is -0.486 e. The van der Waals surface area contributed by atoms with Crippen LogP contribution in [0.2, 0.25) is 0 Å². The van der Waals surface area contributed by atoms with Crippen LogP contribution in [0.15, 0.2) is 54.9 Å². The van der Waals surface area contributed by atoms with Gasteiger partial charge < -0.3 is 9.64 Å². The number of Topliss-reactive ketones (excluding diaryl/α,β-unsaturated/α-hetero) is 1. The van der Waals surface area contributed by atoms with Gasteiger partial charge in [-0.3, -0.25) is 4.79 Å². The first-order valence-corrected chi connectivity index (χ1v) is 10.5. The van der Waals surface area contributed by atoms with Crippen molar-refractivity contribution in [3.05, 3.63) is 71.5 Å². The Morgan fingerprint density at radius 1 is 1.00 bits per heavy atom. The van der Waals surface area contributed by atoms with Crippen molar-refractivity contribution in [2.75, 3.05) is 18.0 Å². The molecule has 5 rings (SSSR count). The van der Waals surface area contributed by atoms with Crippen molar-refractivity contribution in [2.24, 2.45) is 0 Å². The standard InChI is InChI=1S/C25H25N3O2/c1-17-12-18(2)24-21(29)15-25(30-22(24)13-17)8-10-28(11-9-25)23-14-20(26-16-27-23)19-6-4-3-5-7-19/h3-7,12-14,16H,8-11,15H2,1-2H3. The van der Waals surface area contributed by atoms with Gasteiger partial charge in [-0.2, -0.15) is 0 Å². The third kappa shape index (κ3) is 3.34. The van der Waals surface area contributed by atoms with Gasteiger partial charge in [-0.05, 0) is 31.0 Å². The van der Waals surface area contributed by atoms with Crippen LogP contribution in [-0.4, -0.2) is 34.4 Å². The van der Waals surface area contributed by atoms with Gasteiger partial charge in [0.15, 0.2) is 5.78 Å². The van der Waals surface area contributed by atoms with Crippen LogP contribution in [0.5, 0.6) is 5.75 Å². The number of fused-ring (bicyclic) bond motifs is 1. The molecule has 152 valence electrons. The zero-order chi connectivity index (χ0) is 20.7. The first kappa shape index (κ1) is 18.8. The van der Waals surface area contributed by atoms with E-state index in [1.54, 1.807) is 6.33 Å². The molecular formula is C25H25N3O2. The van der Waals surface area contributed by atoms with Gasteiger partial charge in [0.2, 0.25) is 0 Å². The predicted molar refractivity (Wildman–Crippen MR) is 117 cm³/mol. The highest BCUT2D eigenvalue weighted by molar-refractivity contribution is 6.01. The molecule has 2 aliphatic heterocycles. The molecule has 1 saturated heterocycles. The molecule has 0 aliphatic carbocycles. The van der Waals surface area contributed by atoms with Crippen LogP contribution in [0.1, 0.15) is 40.7 Å². The summed E-state index contributed by atoms with van der Waals surface area (Å²) in [4.78, 5) is 24.1. The Balaban J connectivity index is 1.35. The number of carbonyl (C=O) groups excluding carboxylic acids is 1. The number of hydrogen-bond acceptors (Lipinski definition) is 5. The van der Waals surface area contributed by atoms with Crippen molar-refractivity contribution < 1.29 is 9.53 Å². The number of piperidine rings is 1. The number of ketones is 1. The van der Waals surface area contributed by atoms with Crippen molar-refractivity contribution in [2.45, 2.75) is 38.7 Å². The number of rotatable bonds is 2. The van der Waals surface area contributed by atoms with Gasteiger partial charge in [-0.15, -0.1) is 0 Å². The maximum atomic E-state index is 12.9. The number of nitrogens with zero attached hydrogens (tertiary/aromatic N) is 3. The molecule has 5 heteroatoms. The molecule has 3 aromatic rings. The molecule has 0 unspecified atom stereocenters. The number of aryl methyl sites for hydroxylation is 2. The predicted octanol–water partition coefficient (Wildman–Crippen LogP) is 4.76. The summed E-state index contributed by atoms with van der Waals surface area (Å²) in [7, 11) is 0. The van der Waals surface area contributed by atoms with E-state index in [1.165, 1.54) is 0 Å². The van der Waals surface area contributed by atoms with E-state index in [1.807, 2.05) is 44.2 Å². The van der Waals surface area contributed by atoms with Gasteiger partial charge >= 0.3 is 0 Å². The lowest BCUT2D eigenvalue weighted by atomic mass is 9.81. The van der Waals surface area contributed by atoms with E-state index in [9.17, 15) is 4.79 Å². The molecular weight excluding hydrogens is 374 g/mol. The summed E-state index contributed by atoms with van der Waals surface area (Å²) in [6.45, 7) is 5.65. The minimum absolute atomic E-state index is 0.204. The third-order valence-corrected chi connectivity index (χ3v) is 6.25. The number of benzene rings is 2. The average Bonchev–Trinajstić information content (AvgIpc) is 2.74. The van der Waals surface area contributed by atoms with E-state index in [4.69, 9.17) is 4.74 Å². The van der Waals surface area contributed by atoms with Crippen molar-refractivity contribution in [3.8, 4) is 17.0 Å². The van der Waals surface area contributed by atoms with Gasteiger partial charge in [0.1, 0.15) is 23.5 Å². The number of carbonyl (C=O) groups is 1. The highest BCUT2D eigenvalue weighted by Crippen LogP contribution is 2.41. The summed E-state index contributed by atoms with van der Waals surface area (Å²) in [5, 5.41) is 0. The number of anilines is 1. The average molecular weight is 399 g/mol. The topological polar surface area (TPSA) is 55.3 Å². The summed E-state index contributed by atoms with van der Waals surface area (Å²) in [6, 6.07) is 16.2. The monoisotopic (exact) mass is 399 g/mol. The number of ether oxygens (including phenoxy) is 1. The zero-order valence-electron chi connectivity index (χ0n) is 17.4. The van der Waals surface area contributed by atoms with Gasteiger partial charge in [0.25, 0.3) is 0 Å². The van der Waals surface area contributed by atoms with E-state index in [2.05, 4.69) is 33.1 Å². The van der Waals surface area contributed by atoms with Crippen LogP contribution in [0.3, 0.4) is 0 Å². The lowest BCUT2D eigenvalue weighted by Gasteiger charge is -2.44. The SMILES string of the molecule is Cc1cc(C)c2c(c1)OC1(CCN(c3cc(-c4ccccc4)ncn3)CC1)CC2=O. The summed E-state index contributed by atoms with van der Waals surface area (Å²) in [5.41, 5.74) is 4.50. The fourth-order valence-electron chi connectivity index (χ4n) is 4.73. The van der Waals surface area contributed by atoms with Crippen LogP contribution in [0, 0.1) is 13.8 Å². The molecule has 5 nitrogen and oxygen atoms in total. The normalized spacial score (nSPS) is 17.5. The summed E-state index contributed by atoms with van der Waals surface area (Å²) in [5.74, 6) is 1.88. The molecule has 2 aliphatic rings. The van der Waals surface area contributed by atoms with Gasteiger partial charge in [0.05, 0.1) is 17.7 Å². The Hall–Kier alpha value is -3.21. The number of hydrogen-bond donors (Lipinski definition) is 0. The highest BCUT2D eigenvalue weighted by Gasteiger charge is 2.43. The van der Waals surface area contributed by atoms with Crippen LogP contribution in [0.25, 0.3) is 11.3 Å². The largest absolute Gasteiger partial charge is 0.486 e. The van der Waals surface area contributed by atoms with E-state index < -0.39 is 5.60 Å². The second-order valence-corrected chi connectivity index (χ2v) is 8.45. The quantitative estimate of drug-likeness (QED) is 0.622. The molecule has 0 amide bonds. The maximum absolute atomic E-state index is 12.9. The van der Waals surface area contributed by atoms with Crippen LogP contribution < -0.4 is 9.64 Å². The highest BCUT2D eigenvalue weighted by atomic mass is 16.5. The third-order valence-electron chi connectivity index (χ3n) is 6.25. The molecule has 30 heavy (non-hydrogen) atoms.